The van der Waals surface area contributed by atoms with Crippen molar-refractivity contribution in [3.05, 3.63) is 45.7 Å². The fourth-order valence-electron chi connectivity index (χ4n) is 2.19. The molecule has 1 aliphatic heterocycles. The maximum absolute atomic E-state index is 12.1. The Kier molecular flexibility index (Phi) is 2.14. The Labute approximate surface area is 97.5 Å². The van der Waals surface area contributed by atoms with E-state index < -0.39 is 0 Å². The van der Waals surface area contributed by atoms with Gasteiger partial charge in [-0.3, -0.25) is 9.48 Å². The molecular weight excluding hydrogens is 224 g/mol. The molecule has 0 amide bonds. The summed E-state index contributed by atoms with van der Waals surface area (Å²) >= 11 is 5.97. The van der Waals surface area contributed by atoms with Gasteiger partial charge in [0, 0.05) is 11.6 Å². The summed E-state index contributed by atoms with van der Waals surface area (Å²) in [6, 6.07) is 5.43. The molecule has 1 aliphatic rings. The standard InChI is InChI=1S/C12H11ClN2O/c13-9-4-5-10-11(8-9)14-6-2-1-3-7-15(14)12(10)16/h1,3-5,8H,2,6-7H2. The molecule has 82 valence electrons. The Balaban J connectivity index is 2.40. The van der Waals surface area contributed by atoms with Gasteiger partial charge in [-0.2, -0.15) is 0 Å². The van der Waals surface area contributed by atoms with E-state index in [1.165, 1.54) is 0 Å². The topological polar surface area (TPSA) is 26.9 Å². The minimum absolute atomic E-state index is 0.0678. The first-order chi connectivity index (χ1) is 7.77. The van der Waals surface area contributed by atoms with E-state index in [1.54, 1.807) is 16.8 Å². The third-order valence-electron chi connectivity index (χ3n) is 2.95. The molecule has 0 saturated heterocycles. The molecule has 0 aliphatic carbocycles. The van der Waals surface area contributed by atoms with Crippen molar-refractivity contribution >= 4 is 22.5 Å². The minimum atomic E-state index is 0.0678. The number of rotatable bonds is 0. The zero-order chi connectivity index (χ0) is 11.1. The Morgan fingerprint density at radius 3 is 2.94 bits per heavy atom. The molecule has 3 nitrogen and oxygen atoms in total. The molecule has 0 N–H and O–H groups in total. The maximum atomic E-state index is 12.1. The molecule has 4 heteroatoms. The van der Waals surface area contributed by atoms with Crippen LogP contribution in [0.15, 0.2) is 35.1 Å². The van der Waals surface area contributed by atoms with E-state index in [4.69, 9.17) is 11.6 Å². The predicted octanol–water partition coefficient (Wildman–Crippen LogP) is 2.42. The van der Waals surface area contributed by atoms with E-state index in [9.17, 15) is 4.79 Å². The number of fused-ring (bicyclic) bond motifs is 3. The molecule has 1 aromatic heterocycles. The minimum Gasteiger partial charge on any atom is -0.281 e. The van der Waals surface area contributed by atoms with Crippen molar-refractivity contribution in [2.75, 3.05) is 0 Å². The molecule has 1 aromatic carbocycles. The highest BCUT2D eigenvalue weighted by Gasteiger charge is 2.13. The molecule has 2 aromatic rings. The van der Waals surface area contributed by atoms with Crippen LogP contribution >= 0.6 is 11.6 Å². The van der Waals surface area contributed by atoms with Crippen LogP contribution in [0.4, 0.5) is 0 Å². The second kappa shape index (κ2) is 3.52. The number of hydrogen-bond acceptors (Lipinski definition) is 1. The second-order valence-electron chi connectivity index (χ2n) is 3.93. The molecule has 16 heavy (non-hydrogen) atoms. The average molecular weight is 235 g/mol. The maximum Gasteiger partial charge on any atom is 0.274 e. The lowest BCUT2D eigenvalue weighted by Crippen LogP contribution is -2.21. The normalized spacial score (nSPS) is 15.1. The van der Waals surface area contributed by atoms with Crippen LogP contribution in [0.25, 0.3) is 10.9 Å². The van der Waals surface area contributed by atoms with Crippen LogP contribution in [0, 0.1) is 0 Å². The SMILES string of the molecule is O=c1c2ccc(Cl)cc2n2n1CC=CCC2. The van der Waals surface area contributed by atoms with Gasteiger partial charge in [0.05, 0.1) is 17.4 Å². The number of allylic oxidation sites excluding steroid dienone is 2. The third-order valence-corrected chi connectivity index (χ3v) is 3.18. The highest BCUT2D eigenvalue weighted by atomic mass is 35.5. The predicted molar refractivity (Wildman–Crippen MR) is 65.0 cm³/mol. The van der Waals surface area contributed by atoms with Crippen molar-refractivity contribution in [3.63, 3.8) is 0 Å². The Bertz CT molecular complexity index is 636. The van der Waals surface area contributed by atoms with Gasteiger partial charge in [0.15, 0.2) is 0 Å². The molecule has 2 heterocycles. The largest absolute Gasteiger partial charge is 0.281 e. The average Bonchev–Trinajstić information content (AvgIpc) is 2.47. The van der Waals surface area contributed by atoms with Gasteiger partial charge in [0.2, 0.25) is 0 Å². The molecule has 0 unspecified atom stereocenters. The van der Waals surface area contributed by atoms with E-state index in [1.807, 2.05) is 16.8 Å². The van der Waals surface area contributed by atoms with Gasteiger partial charge in [0.1, 0.15) is 0 Å². The summed E-state index contributed by atoms with van der Waals surface area (Å²) in [6.07, 6.45) is 5.09. The number of aromatic nitrogens is 2. The smallest absolute Gasteiger partial charge is 0.274 e. The van der Waals surface area contributed by atoms with Crippen molar-refractivity contribution in [2.24, 2.45) is 0 Å². The summed E-state index contributed by atoms with van der Waals surface area (Å²) in [4.78, 5) is 12.1. The van der Waals surface area contributed by atoms with E-state index in [2.05, 4.69) is 6.08 Å². The number of hydrogen-bond donors (Lipinski definition) is 0. The van der Waals surface area contributed by atoms with Gasteiger partial charge < -0.3 is 0 Å². The summed E-state index contributed by atoms with van der Waals surface area (Å²) in [5, 5.41) is 1.42. The van der Waals surface area contributed by atoms with Crippen LogP contribution in [-0.2, 0) is 13.1 Å². The van der Waals surface area contributed by atoms with Crippen molar-refractivity contribution < 1.29 is 0 Å². The van der Waals surface area contributed by atoms with Crippen LogP contribution < -0.4 is 5.56 Å². The molecule has 0 radical (unpaired) electrons. The third kappa shape index (κ3) is 1.32. The first-order valence-electron chi connectivity index (χ1n) is 5.31. The molecule has 0 fully saturated rings. The monoisotopic (exact) mass is 234 g/mol. The van der Waals surface area contributed by atoms with Gasteiger partial charge in [0.25, 0.3) is 5.56 Å². The van der Waals surface area contributed by atoms with Gasteiger partial charge >= 0.3 is 0 Å². The summed E-state index contributed by atoms with van der Waals surface area (Å²) in [7, 11) is 0. The number of aryl methyl sites for hydroxylation is 1. The van der Waals surface area contributed by atoms with Crippen LogP contribution in [0.5, 0.6) is 0 Å². The van der Waals surface area contributed by atoms with Crippen LogP contribution in [-0.4, -0.2) is 9.36 Å². The molecule has 0 saturated carbocycles. The highest BCUT2D eigenvalue weighted by Crippen LogP contribution is 2.18. The zero-order valence-corrected chi connectivity index (χ0v) is 9.44. The molecule has 0 spiro atoms. The Hall–Kier alpha value is -1.48. The molecular formula is C12H11ClN2O. The van der Waals surface area contributed by atoms with E-state index in [0.29, 0.717) is 11.6 Å². The van der Waals surface area contributed by atoms with Crippen molar-refractivity contribution in [1.82, 2.24) is 9.36 Å². The van der Waals surface area contributed by atoms with Crippen molar-refractivity contribution in [1.29, 1.82) is 0 Å². The van der Waals surface area contributed by atoms with Crippen LogP contribution in [0.1, 0.15) is 6.42 Å². The molecule has 0 atom stereocenters. The fraction of sp³-hybridized carbons (Fsp3) is 0.250. The van der Waals surface area contributed by atoms with Gasteiger partial charge in [-0.05, 0) is 24.6 Å². The molecule has 3 rings (SSSR count). The molecule has 0 bridgehead atoms. The summed E-state index contributed by atoms with van der Waals surface area (Å²) in [5.74, 6) is 0. The number of halogens is 1. The van der Waals surface area contributed by atoms with Crippen LogP contribution in [0.2, 0.25) is 5.02 Å². The first-order valence-corrected chi connectivity index (χ1v) is 5.69. The van der Waals surface area contributed by atoms with Gasteiger partial charge in [-0.15, -0.1) is 0 Å². The Morgan fingerprint density at radius 1 is 1.19 bits per heavy atom. The van der Waals surface area contributed by atoms with Gasteiger partial charge in [-0.1, -0.05) is 23.8 Å². The van der Waals surface area contributed by atoms with Crippen LogP contribution in [0.3, 0.4) is 0 Å². The second-order valence-corrected chi connectivity index (χ2v) is 4.37. The quantitative estimate of drug-likeness (QED) is 0.643. The number of nitrogens with zero attached hydrogens (tertiary/aromatic N) is 2. The lowest BCUT2D eigenvalue weighted by molar-refractivity contribution is 0.506. The summed E-state index contributed by atoms with van der Waals surface area (Å²) < 4.78 is 3.79. The van der Waals surface area contributed by atoms with E-state index >= 15 is 0 Å². The summed E-state index contributed by atoms with van der Waals surface area (Å²) in [5.41, 5.74) is 0.999. The highest BCUT2D eigenvalue weighted by molar-refractivity contribution is 6.31. The zero-order valence-electron chi connectivity index (χ0n) is 8.69. The fourth-order valence-corrected chi connectivity index (χ4v) is 2.36. The first kappa shape index (κ1) is 9.73. The van der Waals surface area contributed by atoms with E-state index in [-0.39, 0.29) is 5.56 Å². The lowest BCUT2D eigenvalue weighted by atomic mass is 10.2. The van der Waals surface area contributed by atoms with Crippen molar-refractivity contribution in [3.8, 4) is 0 Å². The Morgan fingerprint density at radius 2 is 2.06 bits per heavy atom. The van der Waals surface area contributed by atoms with Crippen molar-refractivity contribution in [2.45, 2.75) is 19.5 Å². The van der Waals surface area contributed by atoms with Gasteiger partial charge in [-0.25, -0.2) is 4.68 Å². The van der Waals surface area contributed by atoms with E-state index in [0.717, 1.165) is 23.9 Å². The lowest BCUT2D eigenvalue weighted by Gasteiger charge is -2.07. The summed E-state index contributed by atoms with van der Waals surface area (Å²) in [6.45, 7) is 1.47. The number of benzene rings is 1.